The van der Waals surface area contributed by atoms with E-state index in [4.69, 9.17) is 14.2 Å². The van der Waals surface area contributed by atoms with Gasteiger partial charge in [-0.15, -0.1) is 0 Å². The predicted molar refractivity (Wildman–Crippen MR) is 150 cm³/mol. The minimum atomic E-state index is -1.54. The molecule has 0 saturated carbocycles. The van der Waals surface area contributed by atoms with Crippen molar-refractivity contribution in [1.82, 2.24) is 0 Å². The lowest BCUT2D eigenvalue weighted by atomic mass is 9.86. The third-order valence-electron chi connectivity index (χ3n) is 7.24. The Morgan fingerprint density at radius 3 is 1.63 bits per heavy atom. The van der Waals surface area contributed by atoms with E-state index in [0.717, 1.165) is 37.1 Å². The molecule has 10 heteroatoms. The Morgan fingerprint density at radius 2 is 1.14 bits per heavy atom. The number of halogens is 6. The van der Waals surface area contributed by atoms with Crippen LogP contribution in [-0.4, -0.2) is 19.2 Å². The molecule has 0 amide bonds. The molecule has 1 aliphatic carbocycles. The molecule has 4 nitrogen and oxygen atoms in total. The maximum Gasteiger partial charge on any atom is 0.314 e. The van der Waals surface area contributed by atoms with E-state index < -0.39 is 63.7 Å². The quantitative estimate of drug-likeness (QED) is 0.0892. The Morgan fingerprint density at radius 1 is 0.674 bits per heavy atom. The van der Waals surface area contributed by atoms with Gasteiger partial charge in [0.05, 0.1) is 19.1 Å². The van der Waals surface area contributed by atoms with Crippen LogP contribution in [0.2, 0.25) is 0 Å². The molecule has 4 rings (SSSR count). The smallest absolute Gasteiger partial charge is 0.314 e. The van der Waals surface area contributed by atoms with Crippen molar-refractivity contribution in [2.45, 2.75) is 58.8 Å². The van der Waals surface area contributed by atoms with Crippen LogP contribution < -0.4 is 14.2 Å². The summed E-state index contributed by atoms with van der Waals surface area (Å²) in [6.45, 7) is 4.29. The lowest BCUT2D eigenvalue weighted by Gasteiger charge is -2.22. The molecule has 1 aliphatic rings. The number of allylic oxidation sites excluding steroid dienone is 2. The summed E-state index contributed by atoms with van der Waals surface area (Å²) in [7, 11) is 0. The molecule has 43 heavy (non-hydrogen) atoms. The van der Waals surface area contributed by atoms with Gasteiger partial charge < -0.3 is 14.2 Å². The van der Waals surface area contributed by atoms with Gasteiger partial charge in [-0.05, 0) is 74.1 Å². The van der Waals surface area contributed by atoms with Gasteiger partial charge in [0, 0.05) is 16.7 Å². The Balaban J connectivity index is 1.44. The highest BCUT2D eigenvalue weighted by molar-refractivity contribution is 5.78. The fraction of sp³-hybridized carbons (Fsp3) is 0.364. The van der Waals surface area contributed by atoms with E-state index in [9.17, 15) is 31.1 Å². The van der Waals surface area contributed by atoms with Gasteiger partial charge in [0.15, 0.2) is 34.7 Å². The number of rotatable bonds is 12. The van der Waals surface area contributed by atoms with Gasteiger partial charge in [-0.2, -0.15) is 13.2 Å². The monoisotopic (exact) mass is 606 g/mol. The van der Waals surface area contributed by atoms with Crippen molar-refractivity contribution < 1.29 is 45.3 Å². The number of carbonyl (C=O) groups is 1. The summed E-state index contributed by atoms with van der Waals surface area (Å²) in [6.07, 6.45) is 5.05. The molecule has 0 heterocycles. The van der Waals surface area contributed by atoms with Crippen LogP contribution in [-0.2, 0) is 4.79 Å². The Kier molecular flexibility index (Phi) is 10.8. The lowest BCUT2D eigenvalue weighted by molar-refractivity contribution is -0.139. The summed E-state index contributed by atoms with van der Waals surface area (Å²) in [6, 6.07) is 6.95. The summed E-state index contributed by atoms with van der Waals surface area (Å²) in [4.78, 5) is 12.7. The maximum absolute atomic E-state index is 15.0. The Bertz CT molecular complexity index is 1500. The number of benzene rings is 3. The predicted octanol–water partition coefficient (Wildman–Crippen LogP) is 9.34. The summed E-state index contributed by atoms with van der Waals surface area (Å²) in [5, 5.41) is 0. The highest BCUT2D eigenvalue weighted by Crippen LogP contribution is 2.37. The van der Waals surface area contributed by atoms with E-state index in [-0.39, 0.29) is 49.5 Å². The second-order valence-corrected chi connectivity index (χ2v) is 10.2. The van der Waals surface area contributed by atoms with Crippen LogP contribution in [0.5, 0.6) is 17.2 Å². The fourth-order valence-electron chi connectivity index (χ4n) is 4.70. The van der Waals surface area contributed by atoms with Gasteiger partial charge in [-0.25, -0.2) is 13.2 Å². The van der Waals surface area contributed by atoms with Crippen molar-refractivity contribution in [2.24, 2.45) is 5.92 Å². The van der Waals surface area contributed by atoms with E-state index in [2.05, 4.69) is 0 Å². The van der Waals surface area contributed by atoms with E-state index in [1.54, 1.807) is 6.08 Å². The first kappa shape index (κ1) is 32.0. The van der Waals surface area contributed by atoms with Crippen LogP contribution in [0.3, 0.4) is 0 Å². The Hall–Kier alpha value is -3.95. The van der Waals surface area contributed by atoms with Crippen LogP contribution in [0.15, 0.2) is 42.5 Å². The summed E-state index contributed by atoms with van der Waals surface area (Å²) >= 11 is 0. The first-order valence-corrected chi connectivity index (χ1v) is 14.3. The topological polar surface area (TPSA) is 44.8 Å². The van der Waals surface area contributed by atoms with Gasteiger partial charge in [-0.3, -0.25) is 4.79 Å². The average Bonchev–Trinajstić information content (AvgIpc) is 3.00. The number of ether oxygens (including phenoxy) is 3. The number of carbonyl (C=O) groups excluding carboxylic acids is 1. The van der Waals surface area contributed by atoms with E-state index >= 15 is 0 Å². The van der Waals surface area contributed by atoms with E-state index in [1.807, 2.05) is 13.8 Å². The van der Waals surface area contributed by atoms with Crippen LogP contribution >= 0.6 is 0 Å². The number of hydrogen-bond donors (Lipinski definition) is 0. The summed E-state index contributed by atoms with van der Waals surface area (Å²) in [5.74, 6) is -10.8. The molecular formula is C33H32F6O4. The van der Waals surface area contributed by atoms with Gasteiger partial charge in [0.2, 0.25) is 17.5 Å². The molecule has 0 saturated heterocycles. The summed E-state index contributed by atoms with van der Waals surface area (Å²) < 4.78 is 104. The molecule has 230 valence electrons. The molecule has 0 aromatic heterocycles. The van der Waals surface area contributed by atoms with E-state index in [1.165, 1.54) is 12.1 Å². The van der Waals surface area contributed by atoms with E-state index in [0.29, 0.717) is 18.4 Å². The third-order valence-corrected chi connectivity index (χ3v) is 7.24. The molecule has 3 aromatic carbocycles. The molecule has 0 spiro atoms. The standard InChI is InChI=1S/C33H32F6O4/c1-3-5-17-41-24-14-11-21(27(34)30(24)37)19-7-9-20(10-8-19)33(40)43-26-16-13-23(29(36)32(26)39)22-12-15-25(31(38)28(22)35)42-18-6-4-2/h7,11-16,20H,3-6,8-10,17-18H2,1-2H3. The molecule has 0 N–H and O–H groups in total. The van der Waals surface area contributed by atoms with Crippen LogP contribution in [0.4, 0.5) is 26.3 Å². The highest BCUT2D eigenvalue weighted by Gasteiger charge is 2.28. The lowest BCUT2D eigenvalue weighted by Crippen LogP contribution is -2.23. The SMILES string of the molecule is CCCCOc1ccc(C2=CCC(C(=O)Oc3ccc(-c4ccc(OCCCC)c(F)c4F)c(F)c3F)CC2)c(F)c1F. The largest absolute Gasteiger partial charge is 0.490 e. The first-order chi connectivity index (χ1) is 20.7. The van der Waals surface area contributed by atoms with Gasteiger partial charge >= 0.3 is 5.97 Å². The first-order valence-electron chi connectivity index (χ1n) is 14.3. The number of esters is 1. The number of unbranched alkanes of at least 4 members (excludes halogenated alkanes) is 2. The minimum Gasteiger partial charge on any atom is -0.490 e. The second kappa shape index (κ2) is 14.5. The summed E-state index contributed by atoms with van der Waals surface area (Å²) in [5.41, 5.74) is -0.530. The van der Waals surface area contributed by atoms with Crippen LogP contribution in [0.1, 0.15) is 64.4 Å². The van der Waals surface area contributed by atoms with Crippen molar-refractivity contribution in [3.63, 3.8) is 0 Å². The Labute approximate surface area is 246 Å². The maximum atomic E-state index is 15.0. The average molecular weight is 607 g/mol. The van der Waals surface area contributed by atoms with Crippen molar-refractivity contribution >= 4 is 11.5 Å². The second-order valence-electron chi connectivity index (χ2n) is 10.2. The fourth-order valence-corrected chi connectivity index (χ4v) is 4.70. The van der Waals surface area contributed by atoms with Gasteiger partial charge in [-0.1, -0.05) is 32.8 Å². The molecule has 0 fully saturated rings. The molecular weight excluding hydrogens is 574 g/mol. The molecule has 3 aromatic rings. The highest BCUT2D eigenvalue weighted by atomic mass is 19.2. The zero-order valence-electron chi connectivity index (χ0n) is 23.9. The normalized spacial score (nSPS) is 14.8. The van der Waals surface area contributed by atoms with Crippen molar-refractivity contribution in [1.29, 1.82) is 0 Å². The molecule has 1 unspecified atom stereocenters. The molecule has 1 atom stereocenters. The van der Waals surface area contributed by atoms with Gasteiger partial charge in [0.25, 0.3) is 0 Å². The van der Waals surface area contributed by atoms with Crippen molar-refractivity contribution in [3.05, 3.63) is 82.9 Å². The molecule has 0 aliphatic heterocycles. The molecule has 0 radical (unpaired) electrons. The minimum absolute atomic E-state index is 0.0556. The van der Waals surface area contributed by atoms with Gasteiger partial charge in [0.1, 0.15) is 0 Å². The third kappa shape index (κ3) is 7.17. The van der Waals surface area contributed by atoms with Crippen LogP contribution in [0.25, 0.3) is 16.7 Å². The van der Waals surface area contributed by atoms with Crippen molar-refractivity contribution in [2.75, 3.05) is 13.2 Å². The zero-order valence-corrected chi connectivity index (χ0v) is 23.9. The van der Waals surface area contributed by atoms with Crippen LogP contribution in [0, 0.1) is 40.8 Å². The molecule has 0 bridgehead atoms. The van der Waals surface area contributed by atoms with Crippen molar-refractivity contribution in [3.8, 4) is 28.4 Å². The number of hydrogen-bond acceptors (Lipinski definition) is 4. The zero-order chi connectivity index (χ0) is 31.1.